The summed E-state index contributed by atoms with van der Waals surface area (Å²) in [6, 6.07) is 1.81. The first-order chi connectivity index (χ1) is 4.22. The lowest BCUT2D eigenvalue weighted by Crippen LogP contribution is -1.93. The van der Waals surface area contributed by atoms with Crippen LogP contribution >= 0.6 is 24.8 Å². The minimum absolute atomic E-state index is 0. The van der Waals surface area contributed by atoms with Gasteiger partial charge in [-0.05, 0) is 25.5 Å². The van der Waals surface area contributed by atoms with Gasteiger partial charge in [0.05, 0.1) is 0 Å². The molecule has 0 aliphatic rings. The number of nitrogens with zero attached hydrogens (tertiary/aromatic N) is 1. The number of nitrogen functional groups attached to an aromatic ring is 1. The van der Waals surface area contributed by atoms with E-state index in [2.05, 4.69) is 4.98 Å². The van der Waals surface area contributed by atoms with E-state index in [4.69, 9.17) is 5.73 Å². The molecule has 0 aromatic carbocycles. The van der Waals surface area contributed by atoms with Crippen LogP contribution in [0.2, 0.25) is 0 Å². The summed E-state index contributed by atoms with van der Waals surface area (Å²) in [6.07, 6.45) is 1.72. The normalized spacial score (nSPS) is 7.82. The minimum Gasteiger partial charge on any atom is -0.398 e. The summed E-state index contributed by atoms with van der Waals surface area (Å²) in [5.41, 5.74) is 8.49. The number of anilines is 1. The first-order valence-corrected chi connectivity index (χ1v) is 2.89. The van der Waals surface area contributed by atoms with Gasteiger partial charge in [-0.1, -0.05) is 0 Å². The number of halogens is 2. The molecule has 2 nitrogen and oxygen atoms in total. The smallest absolute Gasteiger partial charge is 0.0422 e. The number of aryl methyl sites for hydroxylation is 1. The molecule has 0 aliphatic heterocycles. The molecule has 0 aliphatic carbocycles. The quantitative estimate of drug-likeness (QED) is 0.688. The Bertz CT molecular complexity index is 205. The second kappa shape index (κ2) is 5.22. The van der Waals surface area contributed by atoms with Crippen LogP contribution in [0.4, 0.5) is 5.69 Å². The SMILES string of the molecule is Cc1nccc(N)c1C.Cl.Cl. The Balaban J connectivity index is 0. The Morgan fingerprint density at radius 3 is 2.18 bits per heavy atom. The monoisotopic (exact) mass is 194 g/mol. The molecule has 0 unspecified atom stereocenters. The minimum atomic E-state index is 0. The number of hydrogen-bond donors (Lipinski definition) is 1. The molecule has 1 rings (SSSR count). The van der Waals surface area contributed by atoms with Crippen LogP contribution in [0, 0.1) is 13.8 Å². The van der Waals surface area contributed by atoms with E-state index >= 15 is 0 Å². The van der Waals surface area contributed by atoms with E-state index in [1.807, 2.05) is 19.9 Å². The molecule has 0 saturated carbocycles. The molecule has 64 valence electrons. The van der Waals surface area contributed by atoms with Gasteiger partial charge in [0, 0.05) is 17.6 Å². The van der Waals surface area contributed by atoms with E-state index in [1.54, 1.807) is 6.20 Å². The predicted molar refractivity (Wildman–Crippen MR) is 52.6 cm³/mol. The Morgan fingerprint density at radius 1 is 1.27 bits per heavy atom. The van der Waals surface area contributed by atoms with Crippen LogP contribution in [0.1, 0.15) is 11.3 Å². The van der Waals surface area contributed by atoms with Crippen LogP contribution < -0.4 is 5.73 Å². The van der Waals surface area contributed by atoms with E-state index in [0.29, 0.717) is 0 Å². The summed E-state index contributed by atoms with van der Waals surface area (Å²) < 4.78 is 0. The summed E-state index contributed by atoms with van der Waals surface area (Å²) >= 11 is 0. The van der Waals surface area contributed by atoms with Gasteiger partial charge >= 0.3 is 0 Å². The topological polar surface area (TPSA) is 38.9 Å². The van der Waals surface area contributed by atoms with E-state index in [1.165, 1.54) is 0 Å². The van der Waals surface area contributed by atoms with Gasteiger partial charge in [0.2, 0.25) is 0 Å². The van der Waals surface area contributed by atoms with Crippen molar-refractivity contribution in [2.75, 3.05) is 5.73 Å². The van der Waals surface area contributed by atoms with Gasteiger partial charge in [-0.25, -0.2) is 0 Å². The molecular weight excluding hydrogens is 183 g/mol. The van der Waals surface area contributed by atoms with E-state index in [9.17, 15) is 0 Å². The average Bonchev–Trinajstić information content (AvgIpc) is 1.83. The molecule has 0 amide bonds. The van der Waals surface area contributed by atoms with Crippen LogP contribution in [0.3, 0.4) is 0 Å². The number of pyridine rings is 1. The molecule has 4 heteroatoms. The largest absolute Gasteiger partial charge is 0.398 e. The van der Waals surface area contributed by atoms with E-state index in [0.717, 1.165) is 16.9 Å². The zero-order chi connectivity index (χ0) is 6.85. The summed E-state index contributed by atoms with van der Waals surface area (Å²) in [4.78, 5) is 4.06. The van der Waals surface area contributed by atoms with Crippen LogP contribution in [0.5, 0.6) is 0 Å². The molecule has 0 bridgehead atoms. The van der Waals surface area contributed by atoms with Gasteiger partial charge in [0.15, 0.2) is 0 Å². The Hall–Kier alpha value is -0.470. The second-order valence-electron chi connectivity index (χ2n) is 2.11. The second-order valence-corrected chi connectivity index (χ2v) is 2.11. The summed E-state index contributed by atoms with van der Waals surface area (Å²) in [6.45, 7) is 3.92. The Labute approximate surface area is 79.0 Å². The molecule has 2 N–H and O–H groups in total. The molecule has 0 saturated heterocycles. The molecule has 1 aromatic heterocycles. The number of hydrogen-bond acceptors (Lipinski definition) is 2. The number of nitrogens with two attached hydrogens (primary N) is 1. The van der Waals surface area contributed by atoms with Crippen molar-refractivity contribution < 1.29 is 0 Å². The molecule has 1 aromatic rings. The predicted octanol–water partition coefficient (Wildman–Crippen LogP) is 2.12. The summed E-state index contributed by atoms with van der Waals surface area (Å²) in [5.74, 6) is 0. The zero-order valence-corrected chi connectivity index (χ0v) is 8.13. The van der Waals surface area contributed by atoms with Crippen molar-refractivity contribution >= 4 is 30.5 Å². The highest BCUT2D eigenvalue weighted by atomic mass is 35.5. The fourth-order valence-corrected chi connectivity index (χ4v) is 0.660. The highest BCUT2D eigenvalue weighted by Gasteiger charge is 1.94. The molecule has 0 atom stereocenters. The summed E-state index contributed by atoms with van der Waals surface area (Å²) in [7, 11) is 0. The van der Waals surface area contributed by atoms with Crippen molar-refractivity contribution in [1.82, 2.24) is 4.98 Å². The van der Waals surface area contributed by atoms with Crippen molar-refractivity contribution in [3.63, 3.8) is 0 Å². The lowest BCUT2D eigenvalue weighted by Gasteiger charge is -1.99. The van der Waals surface area contributed by atoms with Crippen molar-refractivity contribution in [1.29, 1.82) is 0 Å². The fraction of sp³-hybridized carbons (Fsp3) is 0.286. The Morgan fingerprint density at radius 2 is 1.82 bits per heavy atom. The molecule has 0 spiro atoms. The average molecular weight is 195 g/mol. The first-order valence-electron chi connectivity index (χ1n) is 2.89. The molecule has 0 radical (unpaired) electrons. The third-order valence-corrected chi connectivity index (χ3v) is 1.50. The zero-order valence-electron chi connectivity index (χ0n) is 6.50. The van der Waals surface area contributed by atoms with Crippen LogP contribution in [-0.2, 0) is 0 Å². The standard InChI is InChI=1S/C7H10N2.2ClH/c1-5-6(2)9-4-3-7(5)8;;/h3-4H,1-2H3,(H2,8,9);2*1H. The lowest BCUT2D eigenvalue weighted by atomic mass is 10.2. The van der Waals surface area contributed by atoms with Crippen molar-refractivity contribution in [2.45, 2.75) is 13.8 Å². The number of aromatic nitrogens is 1. The summed E-state index contributed by atoms with van der Waals surface area (Å²) in [5, 5.41) is 0. The Kier molecular flexibility index (Phi) is 6.23. The fourth-order valence-electron chi connectivity index (χ4n) is 0.660. The first kappa shape index (κ1) is 13.1. The number of rotatable bonds is 0. The van der Waals surface area contributed by atoms with Gasteiger partial charge in [0.25, 0.3) is 0 Å². The maximum absolute atomic E-state index is 5.58. The van der Waals surface area contributed by atoms with Gasteiger partial charge in [-0.3, -0.25) is 4.98 Å². The van der Waals surface area contributed by atoms with Gasteiger partial charge in [0.1, 0.15) is 0 Å². The molecule has 11 heavy (non-hydrogen) atoms. The van der Waals surface area contributed by atoms with Crippen LogP contribution in [0.25, 0.3) is 0 Å². The van der Waals surface area contributed by atoms with Crippen molar-refractivity contribution in [3.8, 4) is 0 Å². The van der Waals surface area contributed by atoms with Gasteiger partial charge in [-0.15, -0.1) is 24.8 Å². The van der Waals surface area contributed by atoms with Crippen LogP contribution in [0.15, 0.2) is 12.3 Å². The maximum Gasteiger partial charge on any atom is 0.0422 e. The third kappa shape index (κ3) is 2.95. The third-order valence-electron chi connectivity index (χ3n) is 1.50. The van der Waals surface area contributed by atoms with Crippen LogP contribution in [-0.4, -0.2) is 4.98 Å². The highest BCUT2D eigenvalue weighted by Crippen LogP contribution is 2.10. The van der Waals surface area contributed by atoms with E-state index in [-0.39, 0.29) is 24.8 Å². The maximum atomic E-state index is 5.58. The molecule has 1 heterocycles. The van der Waals surface area contributed by atoms with Crippen molar-refractivity contribution in [2.24, 2.45) is 0 Å². The van der Waals surface area contributed by atoms with Gasteiger partial charge in [-0.2, -0.15) is 0 Å². The molecule has 0 fully saturated rings. The van der Waals surface area contributed by atoms with Gasteiger partial charge < -0.3 is 5.73 Å². The lowest BCUT2D eigenvalue weighted by molar-refractivity contribution is 1.15. The van der Waals surface area contributed by atoms with E-state index < -0.39 is 0 Å². The molecular formula is C7H12Cl2N2. The van der Waals surface area contributed by atoms with Crippen molar-refractivity contribution in [3.05, 3.63) is 23.5 Å². The highest BCUT2D eigenvalue weighted by molar-refractivity contribution is 5.85.